The molecule has 0 saturated heterocycles. The zero-order valence-corrected chi connectivity index (χ0v) is 7.53. The van der Waals surface area contributed by atoms with Gasteiger partial charge in [-0.25, -0.2) is 4.98 Å². The van der Waals surface area contributed by atoms with E-state index in [0.29, 0.717) is 17.4 Å². The fourth-order valence-corrected chi connectivity index (χ4v) is 0.825. The van der Waals surface area contributed by atoms with Gasteiger partial charge in [-0.3, -0.25) is 4.99 Å². The van der Waals surface area contributed by atoms with Crippen molar-refractivity contribution in [3.05, 3.63) is 17.8 Å². The molecule has 4 nitrogen and oxygen atoms in total. The molecule has 0 radical (unpaired) electrons. The van der Waals surface area contributed by atoms with Crippen molar-refractivity contribution in [3.8, 4) is 0 Å². The second-order valence-electron chi connectivity index (χ2n) is 2.86. The zero-order chi connectivity index (χ0) is 9.14. The quantitative estimate of drug-likeness (QED) is 0.529. The third-order valence-electron chi connectivity index (χ3n) is 1.28. The van der Waals surface area contributed by atoms with Gasteiger partial charge in [-0.2, -0.15) is 0 Å². The van der Waals surface area contributed by atoms with Gasteiger partial charge in [0.05, 0.1) is 0 Å². The van der Waals surface area contributed by atoms with Crippen molar-refractivity contribution in [1.82, 2.24) is 4.98 Å². The number of hydrogen-bond acceptors (Lipinski definition) is 3. The summed E-state index contributed by atoms with van der Waals surface area (Å²) in [5.74, 6) is 1.04. The van der Waals surface area contributed by atoms with Crippen molar-refractivity contribution < 1.29 is 4.42 Å². The lowest BCUT2D eigenvalue weighted by molar-refractivity contribution is 0.521. The fourth-order valence-electron chi connectivity index (χ4n) is 0.825. The number of amidine groups is 1. The third kappa shape index (κ3) is 2.08. The van der Waals surface area contributed by atoms with Crippen LogP contribution in [0, 0.1) is 6.92 Å². The average molecular weight is 167 g/mol. The van der Waals surface area contributed by atoms with Gasteiger partial charge < -0.3 is 10.2 Å². The molecule has 0 amide bonds. The number of nitrogens with zero attached hydrogens (tertiary/aromatic N) is 2. The highest BCUT2D eigenvalue weighted by atomic mass is 16.3. The maximum Gasteiger partial charge on any atom is 0.191 e. The summed E-state index contributed by atoms with van der Waals surface area (Å²) < 4.78 is 5.00. The molecule has 66 valence electrons. The van der Waals surface area contributed by atoms with Crippen molar-refractivity contribution in [1.29, 1.82) is 0 Å². The third-order valence-corrected chi connectivity index (χ3v) is 1.28. The zero-order valence-electron chi connectivity index (χ0n) is 7.53. The van der Waals surface area contributed by atoms with Crippen LogP contribution in [0.5, 0.6) is 0 Å². The van der Waals surface area contributed by atoms with Gasteiger partial charge in [0.15, 0.2) is 5.89 Å². The van der Waals surface area contributed by atoms with Crippen LogP contribution in [0.2, 0.25) is 0 Å². The van der Waals surface area contributed by atoms with E-state index in [2.05, 4.69) is 9.98 Å². The van der Waals surface area contributed by atoms with Gasteiger partial charge in [0, 0.05) is 13.0 Å². The molecule has 2 N–H and O–H groups in total. The summed E-state index contributed by atoms with van der Waals surface area (Å²) >= 11 is 0. The van der Waals surface area contributed by atoms with Crippen LogP contribution in [0.3, 0.4) is 0 Å². The first-order chi connectivity index (χ1) is 5.59. The summed E-state index contributed by atoms with van der Waals surface area (Å²) in [5, 5.41) is 0. The molecular weight excluding hydrogens is 154 g/mol. The SMILES string of the molecule is Cc1nc(C(N)=NC(C)C)co1. The second kappa shape index (κ2) is 3.38. The predicted molar refractivity (Wildman–Crippen MR) is 47.1 cm³/mol. The Morgan fingerprint density at radius 1 is 1.67 bits per heavy atom. The van der Waals surface area contributed by atoms with Crippen LogP contribution in [0.1, 0.15) is 25.4 Å². The summed E-state index contributed by atoms with van der Waals surface area (Å²) in [6, 6.07) is 0.182. The van der Waals surface area contributed by atoms with Crippen molar-refractivity contribution in [2.45, 2.75) is 26.8 Å². The first kappa shape index (κ1) is 8.77. The normalized spacial score (nSPS) is 12.5. The number of nitrogens with two attached hydrogens (primary N) is 1. The van der Waals surface area contributed by atoms with E-state index in [0.717, 1.165) is 0 Å². The molecule has 0 aliphatic carbocycles. The Bertz CT molecular complexity index is 288. The monoisotopic (exact) mass is 167 g/mol. The van der Waals surface area contributed by atoms with Gasteiger partial charge in [0.1, 0.15) is 17.8 Å². The number of aliphatic imine (C=N–C) groups is 1. The number of rotatable bonds is 2. The number of hydrogen-bond donors (Lipinski definition) is 1. The molecule has 0 aliphatic heterocycles. The molecule has 0 unspecified atom stereocenters. The highest BCUT2D eigenvalue weighted by molar-refractivity contribution is 5.95. The molecule has 1 aromatic rings. The van der Waals surface area contributed by atoms with E-state index in [9.17, 15) is 0 Å². The van der Waals surface area contributed by atoms with Gasteiger partial charge in [-0.15, -0.1) is 0 Å². The van der Waals surface area contributed by atoms with Gasteiger partial charge >= 0.3 is 0 Å². The fraction of sp³-hybridized carbons (Fsp3) is 0.500. The molecule has 12 heavy (non-hydrogen) atoms. The molecule has 1 heterocycles. The molecule has 0 fully saturated rings. The van der Waals surface area contributed by atoms with Gasteiger partial charge in [-0.05, 0) is 13.8 Å². The van der Waals surface area contributed by atoms with Crippen LogP contribution < -0.4 is 5.73 Å². The topological polar surface area (TPSA) is 64.4 Å². The van der Waals surface area contributed by atoms with E-state index in [1.807, 2.05) is 13.8 Å². The summed E-state index contributed by atoms with van der Waals surface area (Å²) in [4.78, 5) is 8.17. The first-order valence-corrected chi connectivity index (χ1v) is 3.85. The Balaban J connectivity index is 2.84. The lowest BCUT2D eigenvalue weighted by Gasteiger charge is -1.97. The summed E-state index contributed by atoms with van der Waals surface area (Å²) in [6.45, 7) is 5.69. The highest BCUT2D eigenvalue weighted by Crippen LogP contribution is 2.00. The van der Waals surface area contributed by atoms with Crippen LogP contribution in [0.25, 0.3) is 0 Å². The maximum absolute atomic E-state index is 5.64. The van der Waals surface area contributed by atoms with Crippen molar-refractivity contribution in [2.75, 3.05) is 0 Å². The van der Waals surface area contributed by atoms with E-state index in [-0.39, 0.29) is 6.04 Å². The van der Waals surface area contributed by atoms with Crippen LogP contribution in [-0.4, -0.2) is 16.9 Å². The van der Waals surface area contributed by atoms with E-state index >= 15 is 0 Å². The smallest absolute Gasteiger partial charge is 0.191 e. The Kier molecular flexibility index (Phi) is 2.47. The molecule has 0 atom stereocenters. The van der Waals surface area contributed by atoms with Crippen LogP contribution in [0.15, 0.2) is 15.7 Å². The molecular formula is C8H13N3O. The second-order valence-corrected chi connectivity index (χ2v) is 2.86. The van der Waals surface area contributed by atoms with Crippen molar-refractivity contribution >= 4 is 5.84 Å². The number of aryl methyl sites for hydroxylation is 1. The number of aromatic nitrogens is 1. The first-order valence-electron chi connectivity index (χ1n) is 3.85. The summed E-state index contributed by atoms with van der Waals surface area (Å²) in [5.41, 5.74) is 6.25. The molecule has 0 aliphatic rings. The molecule has 1 rings (SSSR count). The summed E-state index contributed by atoms with van der Waals surface area (Å²) in [7, 11) is 0. The minimum Gasteiger partial charge on any atom is -0.449 e. The number of oxazole rings is 1. The molecule has 0 aromatic carbocycles. The van der Waals surface area contributed by atoms with E-state index in [1.165, 1.54) is 6.26 Å². The maximum atomic E-state index is 5.64. The van der Waals surface area contributed by atoms with Gasteiger partial charge in [0.25, 0.3) is 0 Å². The highest BCUT2D eigenvalue weighted by Gasteiger charge is 2.03. The van der Waals surface area contributed by atoms with Crippen molar-refractivity contribution in [3.63, 3.8) is 0 Å². The van der Waals surface area contributed by atoms with Crippen molar-refractivity contribution in [2.24, 2.45) is 10.7 Å². The molecule has 0 spiro atoms. The molecule has 1 aromatic heterocycles. The lowest BCUT2D eigenvalue weighted by Crippen LogP contribution is -2.16. The van der Waals surface area contributed by atoms with Crippen LogP contribution in [-0.2, 0) is 0 Å². The Hall–Kier alpha value is -1.32. The lowest BCUT2D eigenvalue weighted by atomic mass is 10.4. The molecule has 0 bridgehead atoms. The predicted octanol–water partition coefficient (Wildman–Crippen LogP) is 1.10. The molecule has 0 saturated carbocycles. The standard InChI is InChI=1S/C8H13N3O/c1-5(2)10-8(9)7-4-12-6(3)11-7/h4-5H,1-3H3,(H2,9,10). The largest absolute Gasteiger partial charge is 0.449 e. The Morgan fingerprint density at radius 3 is 2.75 bits per heavy atom. The minimum absolute atomic E-state index is 0.182. The van der Waals surface area contributed by atoms with E-state index in [1.54, 1.807) is 6.92 Å². The summed E-state index contributed by atoms with van der Waals surface area (Å²) in [6.07, 6.45) is 1.51. The van der Waals surface area contributed by atoms with E-state index < -0.39 is 0 Å². The van der Waals surface area contributed by atoms with Gasteiger partial charge in [-0.1, -0.05) is 0 Å². The molecule has 4 heteroatoms. The van der Waals surface area contributed by atoms with Crippen LogP contribution in [0.4, 0.5) is 0 Å². The Morgan fingerprint density at radius 2 is 2.33 bits per heavy atom. The van der Waals surface area contributed by atoms with Gasteiger partial charge in [0.2, 0.25) is 0 Å². The minimum atomic E-state index is 0.182. The van der Waals surface area contributed by atoms with Crippen LogP contribution >= 0.6 is 0 Å². The van der Waals surface area contributed by atoms with E-state index in [4.69, 9.17) is 10.2 Å². The Labute approximate surface area is 71.5 Å². The average Bonchev–Trinajstić information content (AvgIpc) is 2.34.